The maximum Gasteiger partial charge on any atom is 0.307 e. The highest BCUT2D eigenvalue weighted by atomic mass is 127. The average Bonchev–Trinajstić information content (AvgIpc) is 2.47. The number of hydrogen-bond donors (Lipinski definition) is 0. The monoisotopic (exact) mass is 288 g/mol. The van der Waals surface area contributed by atoms with E-state index in [0.29, 0.717) is 6.42 Å². The number of esters is 1. The molecule has 68 valence electrons. The number of benzene rings is 1. The highest BCUT2D eigenvalue weighted by Crippen LogP contribution is 2.34. The molecule has 0 unspecified atom stereocenters. The summed E-state index contributed by atoms with van der Waals surface area (Å²) in [6.45, 7) is 0. The van der Waals surface area contributed by atoms with Crippen molar-refractivity contribution in [2.24, 2.45) is 0 Å². The van der Waals surface area contributed by atoms with Gasteiger partial charge in [0.1, 0.15) is 6.10 Å². The van der Waals surface area contributed by atoms with E-state index in [2.05, 4.69) is 22.6 Å². The topological polar surface area (TPSA) is 26.3 Å². The standard InChI is InChI=1S/C10H9IO2/c11-8-6-9(12)13-10(8)7-4-2-1-3-5-7/h1-5,8,10H,6H2/t8-,10-/m0/s1. The maximum atomic E-state index is 11.0. The number of cyclic esters (lactones) is 1. The largest absolute Gasteiger partial charge is 0.456 e. The molecule has 2 nitrogen and oxygen atoms in total. The van der Waals surface area contributed by atoms with Gasteiger partial charge in [0, 0.05) is 0 Å². The number of halogens is 1. The molecule has 0 bridgehead atoms. The van der Waals surface area contributed by atoms with Crippen LogP contribution in [0.15, 0.2) is 30.3 Å². The second-order valence-corrected chi connectivity index (χ2v) is 4.64. The molecular weight excluding hydrogens is 279 g/mol. The molecule has 1 aromatic carbocycles. The Morgan fingerprint density at radius 1 is 1.31 bits per heavy atom. The van der Waals surface area contributed by atoms with Crippen LogP contribution < -0.4 is 0 Å². The lowest BCUT2D eigenvalue weighted by Crippen LogP contribution is -2.05. The number of ether oxygens (including phenoxy) is 1. The summed E-state index contributed by atoms with van der Waals surface area (Å²) >= 11 is 2.27. The van der Waals surface area contributed by atoms with Gasteiger partial charge in [-0.1, -0.05) is 52.9 Å². The van der Waals surface area contributed by atoms with Crippen molar-refractivity contribution in [3.05, 3.63) is 35.9 Å². The van der Waals surface area contributed by atoms with Gasteiger partial charge >= 0.3 is 5.97 Å². The van der Waals surface area contributed by atoms with Gasteiger partial charge in [0.15, 0.2) is 0 Å². The number of carbonyl (C=O) groups excluding carboxylic acids is 1. The lowest BCUT2D eigenvalue weighted by atomic mass is 10.1. The third kappa shape index (κ3) is 1.85. The summed E-state index contributed by atoms with van der Waals surface area (Å²) in [5.74, 6) is -0.0896. The summed E-state index contributed by atoms with van der Waals surface area (Å²) in [4.78, 5) is 11.0. The van der Waals surface area contributed by atoms with E-state index in [1.54, 1.807) is 0 Å². The van der Waals surface area contributed by atoms with Crippen LogP contribution >= 0.6 is 22.6 Å². The van der Waals surface area contributed by atoms with Gasteiger partial charge in [-0.25, -0.2) is 0 Å². The Balaban J connectivity index is 2.23. The summed E-state index contributed by atoms with van der Waals surface area (Å²) in [7, 11) is 0. The zero-order valence-electron chi connectivity index (χ0n) is 6.94. The molecule has 0 N–H and O–H groups in total. The first-order valence-electron chi connectivity index (χ1n) is 4.16. The van der Waals surface area contributed by atoms with Crippen LogP contribution in [0.2, 0.25) is 0 Å². The van der Waals surface area contributed by atoms with E-state index >= 15 is 0 Å². The summed E-state index contributed by atoms with van der Waals surface area (Å²) in [5.41, 5.74) is 1.09. The Bertz CT molecular complexity index is 310. The van der Waals surface area contributed by atoms with Crippen molar-refractivity contribution in [2.45, 2.75) is 16.4 Å². The van der Waals surface area contributed by atoms with Crippen LogP contribution in [-0.4, -0.2) is 9.89 Å². The molecule has 0 aliphatic carbocycles. The summed E-state index contributed by atoms with van der Waals surface area (Å²) in [6.07, 6.45) is 0.481. The fourth-order valence-corrected chi connectivity index (χ4v) is 2.37. The molecule has 2 atom stereocenters. The molecule has 1 aliphatic rings. The molecule has 1 aliphatic heterocycles. The number of carbonyl (C=O) groups is 1. The van der Waals surface area contributed by atoms with Crippen molar-refractivity contribution >= 4 is 28.6 Å². The van der Waals surface area contributed by atoms with E-state index in [9.17, 15) is 4.79 Å². The smallest absolute Gasteiger partial charge is 0.307 e. The first-order valence-corrected chi connectivity index (χ1v) is 5.40. The molecule has 0 spiro atoms. The lowest BCUT2D eigenvalue weighted by molar-refractivity contribution is -0.141. The fraction of sp³-hybridized carbons (Fsp3) is 0.300. The SMILES string of the molecule is O=C1C[C@H](I)[C@H](c2ccccc2)O1. The number of rotatable bonds is 1. The van der Waals surface area contributed by atoms with Crippen LogP contribution in [-0.2, 0) is 9.53 Å². The molecule has 2 rings (SSSR count). The Kier molecular flexibility index (Phi) is 2.53. The molecule has 0 aromatic heterocycles. The lowest BCUT2D eigenvalue weighted by Gasteiger charge is -2.12. The fourth-order valence-electron chi connectivity index (χ4n) is 1.45. The first-order chi connectivity index (χ1) is 6.27. The van der Waals surface area contributed by atoms with Crippen LogP contribution in [0, 0.1) is 0 Å². The van der Waals surface area contributed by atoms with Crippen molar-refractivity contribution < 1.29 is 9.53 Å². The third-order valence-electron chi connectivity index (χ3n) is 2.08. The van der Waals surface area contributed by atoms with Crippen molar-refractivity contribution in [3.8, 4) is 0 Å². The van der Waals surface area contributed by atoms with Crippen LogP contribution in [0.5, 0.6) is 0 Å². The van der Waals surface area contributed by atoms with E-state index in [0.717, 1.165) is 5.56 Å². The van der Waals surface area contributed by atoms with E-state index in [4.69, 9.17) is 4.74 Å². The Morgan fingerprint density at radius 2 is 2.00 bits per heavy atom. The molecular formula is C10H9IO2. The summed E-state index contributed by atoms with van der Waals surface area (Å²) in [5, 5.41) is 0. The minimum absolute atomic E-state index is 0.0469. The Labute approximate surface area is 90.4 Å². The van der Waals surface area contributed by atoms with Crippen molar-refractivity contribution in [2.75, 3.05) is 0 Å². The van der Waals surface area contributed by atoms with Crippen LogP contribution in [0.1, 0.15) is 18.1 Å². The van der Waals surface area contributed by atoms with Gasteiger partial charge in [0.05, 0.1) is 10.3 Å². The van der Waals surface area contributed by atoms with E-state index in [1.807, 2.05) is 30.3 Å². The second kappa shape index (κ2) is 3.65. The normalized spacial score (nSPS) is 27.3. The molecule has 1 aromatic rings. The van der Waals surface area contributed by atoms with Crippen molar-refractivity contribution in [1.29, 1.82) is 0 Å². The van der Waals surface area contributed by atoms with Gasteiger partial charge in [0.2, 0.25) is 0 Å². The molecule has 1 fully saturated rings. The quantitative estimate of drug-likeness (QED) is 0.451. The zero-order chi connectivity index (χ0) is 9.26. The summed E-state index contributed by atoms with van der Waals surface area (Å²) in [6, 6.07) is 9.88. The molecule has 1 saturated heterocycles. The Hall–Kier alpha value is -0.580. The van der Waals surface area contributed by atoms with Gasteiger partial charge in [-0.15, -0.1) is 0 Å². The number of hydrogen-bond acceptors (Lipinski definition) is 2. The van der Waals surface area contributed by atoms with Gasteiger partial charge < -0.3 is 4.74 Å². The van der Waals surface area contributed by atoms with Gasteiger partial charge in [-0.05, 0) is 5.56 Å². The summed E-state index contributed by atoms with van der Waals surface area (Å²) < 4.78 is 5.48. The molecule has 0 saturated carbocycles. The minimum atomic E-state index is -0.0896. The molecule has 0 amide bonds. The van der Waals surface area contributed by atoms with Crippen LogP contribution in [0.3, 0.4) is 0 Å². The maximum absolute atomic E-state index is 11.0. The average molecular weight is 288 g/mol. The minimum Gasteiger partial charge on any atom is -0.456 e. The van der Waals surface area contributed by atoms with Crippen molar-refractivity contribution in [1.82, 2.24) is 0 Å². The van der Waals surface area contributed by atoms with Gasteiger partial charge in [-0.3, -0.25) is 4.79 Å². The van der Waals surface area contributed by atoms with Crippen molar-refractivity contribution in [3.63, 3.8) is 0 Å². The van der Waals surface area contributed by atoms with E-state index < -0.39 is 0 Å². The van der Waals surface area contributed by atoms with Crippen LogP contribution in [0.4, 0.5) is 0 Å². The van der Waals surface area contributed by atoms with Crippen LogP contribution in [0.25, 0.3) is 0 Å². The highest BCUT2D eigenvalue weighted by molar-refractivity contribution is 14.1. The van der Waals surface area contributed by atoms with Gasteiger partial charge in [-0.2, -0.15) is 0 Å². The van der Waals surface area contributed by atoms with E-state index in [1.165, 1.54) is 0 Å². The third-order valence-corrected chi connectivity index (χ3v) is 3.17. The molecule has 13 heavy (non-hydrogen) atoms. The van der Waals surface area contributed by atoms with Gasteiger partial charge in [0.25, 0.3) is 0 Å². The van der Waals surface area contributed by atoms with E-state index in [-0.39, 0.29) is 16.0 Å². The zero-order valence-corrected chi connectivity index (χ0v) is 9.10. The highest BCUT2D eigenvalue weighted by Gasteiger charge is 2.33. The molecule has 0 radical (unpaired) electrons. The molecule has 1 heterocycles. The first kappa shape index (κ1) is 8.99. The number of alkyl halides is 1. The Morgan fingerprint density at radius 3 is 2.54 bits per heavy atom. The predicted molar refractivity (Wildman–Crippen MR) is 57.7 cm³/mol. The second-order valence-electron chi connectivity index (χ2n) is 3.04. The predicted octanol–water partition coefficient (Wildman–Crippen LogP) is 2.48. The molecule has 3 heteroatoms.